The molecule has 0 heterocycles. The van der Waals surface area contributed by atoms with Crippen LogP contribution in [-0.2, 0) is 4.79 Å². The van der Waals surface area contributed by atoms with Gasteiger partial charge in [0.15, 0.2) is 6.61 Å². The predicted molar refractivity (Wildman–Crippen MR) is 74.4 cm³/mol. The van der Waals surface area contributed by atoms with E-state index in [0.717, 1.165) is 10.8 Å². The average molecular weight is 246 g/mol. The van der Waals surface area contributed by atoms with Crippen molar-refractivity contribution in [3.8, 4) is 5.75 Å². The number of amides is 1. The average Bonchev–Trinajstić information content (AvgIpc) is 2.39. The molecular weight excluding hydrogens is 228 g/mol. The lowest BCUT2D eigenvalue weighted by atomic mass is 10.1. The molecule has 0 saturated heterocycles. The Morgan fingerprint density at radius 3 is 2.39 bits per heavy atom. The van der Waals surface area contributed by atoms with Gasteiger partial charge in [-0.2, -0.15) is 0 Å². The van der Waals surface area contributed by atoms with Crippen LogP contribution in [0.15, 0.2) is 36.4 Å². The van der Waals surface area contributed by atoms with Gasteiger partial charge in [-0.3, -0.25) is 4.79 Å². The first-order valence-corrected chi connectivity index (χ1v) is 5.87. The zero-order valence-corrected chi connectivity index (χ0v) is 10.6. The Morgan fingerprint density at radius 1 is 1.11 bits per heavy atom. The fraction of sp³-hybridized carbons (Fsp3) is 0.214. The zero-order chi connectivity index (χ0) is 13.5. The number of benzene rings is 2. The first kappa shape index (κ1) is 13.8. The molecule has 0 bridgehead atoms. The Morgan fingerprint density at radius 2 is 1.72 bits per heavy atom. The van der Waals surface area contributed by atoms with Gasteiger partial charge in [-0.1, -0.05) is 38.1 Å². The second-order valence-electron chi connectivity index (χ2n) is 3.45. The van der Waals surface area contributed by atoms with E-state index in [0.29, 0.717) is 11.4 Å². The maximum atomic E-state index is 10.6. The Hall–Kier alpha value is -2.23. The quantitative estimate of drug-likeness (QED) is 0.816. The van der Waals surface area contributed by atoms with Gasteiger partial charge in [-0.15, -0.1) is 0 Å². The van der Waals surface area contributed by atoms with Gasteiger partial charge in [0.05, 0.1) is 0 Å². The van der Waals surface area contributed by atoms with Gasteiger partial charge < -0.3 is 16.2 Å². The predicted octanol–water partition coefficient (Wildman–Crippen LogP) is 2.31. The highest BCUT2D eigenvalue weighted by Crippen LogP contribution is 2.28. The summed E-state index contributed by atoms with van der Waals surface area (Å²) in [6.45, 7) is 3.87. The first-order valence-electron chi connectivity index (χ1n) is 5.87. The van der Waals surface area contributed by atoms with E-state index in [1.807, 2.05) is 44.2 Å². The second-order valence-corrected chi connectivity index (χ2v) is 3.45. The maximum absolute atomic E-state index is 10.6. The van der Waals surface area contributed by atoms with Crippen molar-refractivity contribution in [2.75, 3.05) is 12.3 Å². The molecule has 0 radical (unpaired) electrons. The summed E-state index contributed by atoms with van der Waals surface area (Å²) >= 11 is 0. The normalized spacial score (nSPS) is 9.44. The topological polar surface area (TPSA) is 78.3 Å². The molecule has 0 aliphatic carbocycles. The van der Waals surface area contributed by atoms with Crippen LogP contribution in [0.1, 0.15) is 13.8 Å². The van der Waals surface area contributed by atoms with Crippen LogP contribution < -0.4 is 16.2 Å². The van der Waals surface area contributed by atoms with Crippen molar-refractivity contribution in [2.24, 2.45) is 5.73 Å². The van der Waals surface area contributed by atoms with E-state index >= 15 is 0 Å². The fourth-order valence-electron chi connectivity index (χ4n) is 1.58. The molecule has 0 unspecified atom stereocenters. The van der Waals surface area contributed by atoms with E-state index < -0.39 is 5.91 Å². The van der Waals surface area contributed by atoms with E-state index in [2.05, 4.69) is 0 Å². The number of hydrogen-bond donors (Lipinski definition) is 2. The number of rotatable bonds is 3. The number of hydrogen-bond acceptors (Lipinski definition) is 3. The molecule has 0 saturated carbocycles. The van der Waals surface area contributed by atoms with E-state index in [4.69, 9.17) is 16.2 Å². The van der Waals surface area contributed by atoms with Crippen LogP contribution >= 0.6 is 0 Å². The third-order valence-electron chi connectivity index (χ3n) is 2.29. The molecule has 4 N–H and O–H groups in total. The summed E-state index contributed by atoms with van der Waals surface area (Å²) in [5.74, 6) is 0.115. The minimum Gasteiger partial charge on any atom is -0.483 e. The van der Waals surface area contributed by atoms with Crippen LogP contribution in [0.25, 0.3) is 10.8 Å². The number of carbonyl (C=O) groups excluding carboxylic acids is 1. The van der Waals surface area contributed by atoms with Crippen LogP contribution in [0.4, 0.5) is 5.69 Å². The van der Waals surface area contributed by atoms with Crippen LogP contribution in [0, 0.1) is 0 Å². The molecule has 0 aliphatic rings. The van der Waals surface area contributed by atoms with Gasteiger partial charge >= 0.3 is 0 Å². The van der Waals surface area contributed by atoms with Crippen molar-refractivity contribution in [3.63, 3.8) is 0 Å². The Labute approximate surface area is 107 Å². The van der Waals surface area contributed by atoms with E-state index in [9.17, 15) is 4.79 Å². The van der Waals surface area contributed by atoms with Gasteiger partial charge in [0.2, 0.25) is 0 Å². The van der Waals surface area contributed by atoms with E-state index in [1.165, 1.54) is 0 Å². The standard InChI is InChI=1S/C12H12N2O2.C2H6/c13-10-5-1-4-9-8(10)3-2-6-11(9)16-7-12(14)15;1-2/h1-6H,7,13H2,(H2,14,15);1-2H3. The molecule has 0 atom stereocenters. The van der Waals surface area contributed by atoms with Crippen molar-refractivity contribution < 1.29 is 9.53 Å². The number of anilines is 1. The molecule has 0 aliphatic heterocycles. The number of nitrogens with two attached hydrogens (primary N) is 2. The molecule has 4 heteroatoms. The van der Waals surface area contributed by atoms with Crippen molar-refractivity contribution in [3.05, 3.63) is 36.4 Å². The van der Waals surface area contributed by atoms with Crippen LogP contribution in [0.2, 0.25) is 0 Å². The van der Waals surface area contributed by atoms with Gasteiger partial charge in [-0.05, 0) is 12.1 Å². The smallest absolute Gasteiger partial charge is 0.255 e. The lowest BCUT2D eigenvalue weighted by Gasteiger charge is -2.08. The minimum absolute atomic E-state index is 0.131. The first-order chi connectivity index (χ1) is 8.68. The monoisotopic (exact) mass is 246 g/mol. The lowest BCUT2D eigenvalue weighted by Crippen LogP contribution is -2.20. The number of fused-ring (bicyclic) bond motifs is 1. The lowest BCUT2D eigenvalue weighted by molar-refractivity contribution is -0.119. The summed E-state index contributed by atoms with van der Waals surface area (Å²) in [5.41, 5.74) is 11.5. The number of carbonyl (C=O) groups is 1. The molecule has 96 valence electrons. The number of primary amides is 1. The molecule has 2 rings (SSSR count). The Balaban J connectivity index is 0.000000771. The second kappa shape index (κ2) is 6.49. The molecule has 0 aromatic heterocycles. The highest BCUT2D eigenvalue weighted by molar-refractivity contribution is 5.96. The summed E-state index contributed by atoms with van der Waals surface area (Å²) in [7, 11) is 0. The van der Waals surface area contributed by atoms with Gasteiger partial charge in [0.1, 0.15) is 5.75 Å². The summed E-state index contributed by atoms with van der Waals surface area (Å²) < 4.78 is 5.31. The number of ether oxygens (including phenoxy) is 1. The van der Waals surface area contributed by atoms with E-state index in [-0.39, 0.29) is 6.61 Å². The molecule has 4 nitrogen and oxygen atoms in total. The van der Waals surface area contributed by atoms with Gasteiger partial charge in [0.25, 0.3) is 5.91 Å². The van der Waals surface area contributed by atoms with Crippen LogP contribution in [0.5, 0.6) is 5.75 Å². The summed E-state index contributed by atoms with van der Waals surface area (Å²) in [4.78, 5) is 10.6. The zero-order valence-electron chi connectivity index (χ0n) is 10.6. The molecule has 0 spiro atoms. The third kappa shape index (κ3) is 3.13. The molecular formula is C14H18N2O2. The Kier molecular flexibility index (Phi) is 4.99. The molecule has 0 fully saturated rings. The summed E-state index contributed by atoms with van der Waals surface area (Å²) in [6, 6.07) is 11.1. The van der Waals surface area contributed by atoms with Crippen molar-refractivity contribution in [1.82, 2.24) is 0 Å². The Bertz CT molecular complexity index is 538. The molecule has 2 aromatic carbocycles. The summed E-state index contributed by atoms with van der Waals surface area (Å²) in [6.07, 6.45) is 0. The molecule has 2 aromatic rings. The van der Waals surface area contributed by atoms with Crippen LogP contribution in [0.3, 0.4) is 0 Å². The fourth-order valence-corrected chi connectivity index (χ4v) is 1.58. The maximum Gasteiger partial charge on any atom is 0.255 e. The third-order valence-corrected chi connectivity index (χ3v) is 2.29. The molecule has 18 heavy (non-hydrogen) atoms. The van der Waals surface area contributed by atoms with Crippen molar-refractivity contribution in [1.29, 1.82) is 0 Å². The number of nitrogen functional groups attached to an aromatic ring is 1. The van der Waals surface area contributed by atoms with Crippen LogP contribution in [-0.4, -0.2) is 12.5 Å². The van der Waals surface area contributed by atoms with E-state index in [1.54, 1.807) is 6.07 Å². The minimum atomic E-state index is -0.499. The van der Waals surface area contributed by atoms with Gasteiger partial charge in [0, 0.05) is 16.5 Å². The summed E-state index contributed by atoms with van der Waals surface area (Å²) in [5, 5.41) is 1.79. The van der Waals surface area contributed by atoms with Crippen molar-refractivity contribution >= 4 is 22.4 Å². The largest absolute Gasteiger partial charge is 0.483 e. The van der Waals surface area contributed by atoms with Gasteiger partial charge in [-0.25, -0.2) is 0 Å². The highest BCUT2D eigenvalue weighted by atomic mass is 16.5. The molecule has 1 amide bonds. The SMILES string of the molecule is CC.NC(=O)COc1cccc2c(N)cccc12. The highest BCUT2D eigenvalue weighted by Gasteiger charge is 2.04. The van der Waals surface area contributed by atoms with Crippen molar-refractivity contribution in [2.45, 2.75) is 13.8 Å².